The molecule has 0 aromatic heterocycles. The standard InChI is InChI=1S/C19H18Br2ClFN2O4/c1-2-3-24-15-7-12(22)4-11(17(15)23)9-29-18-13(20)5-10(6-14(18)21)19(28)25-8-16(26)27/h4-7,24H,2-3,8-9H2,1H3,(H,25,28)(H,26,27). The summed E-state index contributed by atoms with van der Waals surface area (Å²) in [4.78, 5) is 22.6. The van der Waals surface area contributed by atoms with Gasteiger partial charge in [0.25, 0.3) is 5.91 Å². The lowest BCUT2D eigenvalue weighted by molar-refractivity contribution is -0.135. The first kappa shape index (κ1) is 23.4. The zero-order valence-corrected chi connectivity index (χ0v) is 19.2. The molecule has 2 aromatic carbocycles. The van der Waals surface area contributed by atoms with E-state index in [-0.39, 0.29) is 17.7 Å². The number of anilines is 1. The van der Waals surface area contributed by atoms with Crippen molar-refractivity contribution in [1.82, 2.24) is 5.32 Å². The van der Waals surface area contributed by atoms with Crippen molar-refractivity contribution >= 4 is 61.0 Å². The van der Waals surface area contributed by atoms with Gasteiger partial charge in [-0.2, -0.15) is 0 Å². The Kier molecular flexibility index (Phi) is 8.73. The SMILES string of the molecule is CCCNc1cc(Cl)cc(COc2c(Br)cc(C(=O)NCC(=O)O)cc2Br)c1F. The van der Waals surface area contributed by atoms with Crippen LogP contribution in [0, 0.1) is 5.82 Å². The Morgan fingerprint density at radius 3 is 2.45 bits per heavy atom. The Morgan fingerprint density at radius 2 is 1.86 bits per heavy atom. The van der Waals surface area contributed by atoms with E-state index in [0.717, 1.165) is 6.42 Å². The first-order chi connectivity index (χ1) is 13.7. The molecule has 10 heteroatoms. The van der Waals surface area contributed by atoms with Crippen LogP contribution in [-0.4, -0.2) is 30.1 Å². The van der Waals surface area contributed by atoms with Crippen LogP contribution in [0.5, 0.6) is 5.75 Å². The Hall–Kier alpha value is -1.84. The Labute approximate surface area is 189 Å². The van der Waals surface area contributed by atoms with Crippen LogP contribution in [0.3, 0.4) is 0 Å². The van der Waals surface area contributed by atoms with Gasteiger partial charge in [0.15, 0.2) is 5.82 Å². The van der Waals surface area contributed by atoms with E-state index in [1.165, 1.54) is 24.3 Å². The third-order valence-corrected chi connectivity index (χ3v) is 5.11. The zero-order valence-electron chi connectivity index (χ0n) is 15.3. The van der Waals surface area contributed by atoms with Gasteiger partial charge >= 0.3 is 5.97 Å². The number of carbonyl (C=O) groups is 2. The molecule has 0 radical (unpaired) electrons. The summed E-state index contributed by atoms with van der Waals surface area (Å²) in [7, 11) is 0. The van der Waals surface area contributed by atoms with Gasteiger partial charge in [-0.15, -0.1) is 0 Å². The number of carbonyl (C=O) groups excluding carboxylic acids is 1. The molecule has 1 amide bonds. The molecule has 0 heterocycles. The van der Waals surface area contributed by atoms with E-state index in [0.29, 0.717) is 31.9 Å². The van der Waals surface area contributed by atoms with Gasteiger partial charge in [-0.1, -0.05) is 18.5 Å². The predicted molar refractivity (Wildman–Crippen MR) is 116 cm³/mol. The van der Waals surface area contributed by atoms with Crippen LogP contribution in [0.15, 0.2) is 33.2 Å². The quantitative estimate of drug-likeness (QED) is 0.397. The monoisotopic (exact) mass is 550 g/mol. The van der Waals surface area contributed by atoms with Crippen molar-refractivity contribution in [3.05, 3.63) is 55.2 Å². The minimum Gasteiger partial charge on any atom is -0.486 e. The van der Waals surface area contributed by atoms with E-state index in [1.54, 1.807) is 0 Å². The maximum atomic E-state index is 14.7. The van der Waals surface area contributed by atoms with E-state index < -0.39 is 24.2 Å². The summed E-state index contributed by atoms with van der Waals surface area (Å²) in [6, 6.07) is 5.98. The summed E-state index contributed by atoms with van der Waals surface area (Å²) < 4.78 is 21.3. The number of ether oxygens (including phenoxy) is 1. The number of carboxylic acids is 1. The van der Waals surface area contributed by atoms with E-state index in [4.69, 9.17) is 21.4 Å². The highest BCUT2D eigenvalue weighted by atomic mass is 79.9. The topological polar surface area (TPSA) is 87.7 Å². The van der Waals surface area contributed by atoms with Crippen LogP contribution in [0.25, 0.3) is 0 Å². The van der Waals surface area contributed by atoms with Gasteiger partial charge in [0.2, 0.25) is 0 Å². The number of halogens is 4. The minimum absolute atomic E-state index is 0.0883. The fourth-order valence-electron chi connectivity index (χ4n) is 2.38. The first-order valence-corrected chi connectivity index (χ1v) is 10.5. The highest BCUT2D eigenvalue weighted by molar-refractivity contribution is 9.11. The fraction of sp³-hybridized carbons (Fsp3) is 0.263. The number of amides is 1. The molecule has 0 aliphatic carbocycles. The van der Waals surface area contributed by atoms with Crippen molar-refractivity contribution in [2.24, 2.45) is 0 Å². The minimum atomic E-state index is -1.15. The second-order valence-corrected chi connectivity index (χ2v) is 8.13. The van der Waals surface area contributed by atoms with Gasteiger partial charge in [-0.05, 0) is 62.5 Å². The Balaban J connectivity index is 2.18. The lowest BCUT2D eigenvalue weighted by Crippen LogP contribution is -2.29. The number of hydrogen-bond donors (Lipinski definition) is 3. The van der Waals surface area contributed by atoms with Crippen LogP contribution in [0.2, 0.25) is 5.02 Å². The van der Waals surface area contributed by atoms with E-state index in [9.17, 15) is 14.0 Å². The Bertz CT molecular complexity index is 904. The van der Waals surface area contributed by atoms with Crippen LogP contribution < -0.4 is 15.4 Å². The largest absolute Gasteiger partial charge is 0.486 e. The maximum absolute atomic E-state index is 14.7. The lowest BCUT2D eigenvalue weighted by Gasteiger charge is -2.15. The number of hydrogen-bond acceptors (Lipinski definition) is 4. The molecule has 3 N–H and O–H groups in total. The number of rotatable bonds is 9. The molecule has 0 aliphatic rings. The smallest absolute Gasteiger partial charge is 0.322 e. The van der Waals surface area contributed by atoms with Gasteiger partial charge in [0.05, 0.1) is 14.6 Å². The third-order valence-electron chi connectivity index (χ3n) is 3.71. The number of benzene rings is 2. The summed E-state index contributed by atoms with van der Waals surface area (Å²) in [6.07, 6.45) is 0.837. The zero-order chi connectivity index (χ0) is 21.6. The summed E-state index contributed by atoms with van der Waals surface area (Å²) >= 11 is 12.7. The molecule has 156 valence electrons. The molecule has 0 atom stereocenters. The molecule has 0 saturated carbocycles. The first-order valence-electron chi connectivity index (χ1n) is 8.56. The van der Waals surface area contributed by atoms with Crippen molar-refractivity contribution in [2.45, 2.75) is 20.0 Å². The molecule has 0 unspecified atom stereocenters. The van der Waals surface area contributed by atoms with Gasteiger partial charge < -0.3 is 20.5 Å². The molecule has 0 aliphatic heterocycles. The van der Waals surface area contributed by atoms with Crippen LogP contribution >= 0.6 is 43.5 Å². The second kappa shape index (κ2) is 10.8. The van der Waals surface area contributed by atoms with E-state index in [2.05, 4.69) is 42.5 Å². The highest BCUT2D eigenvalue weighted by Crippen LogP contribution is 2.36. The average molecular weight is 553 g/mol. The highest BCUT2D eigenvalue weighted by Gasteiger charge is 2.16. The number of carboxylic acid groups (broad SMARTS) is 1. The van der Waals surface area contributed by atoms with Crippen LogP contribution in [-0.2, 0) is 11.4 Å². The fourth-order valence-corrected chi connectivity index (χ4v) is 4.03. The lowest BCUT2D eigenvalue weighted by atomic mass is 10.2. The van der Waals surface area contributed by atoms with Gasteiger partial charge in [0.1, 0.15) is 18.9 Å². The summed E-state index contributed by atoms with van der Waals surface area (Å²) in [5.74, 6) is -1.78. The molecule has 0 bridgehead atoms. The average Bonchev–Trinajstić information content (AvgIpc) is 2.66. The van der Waals surface area contributed by atoms with Gasteiger partial charge in [-0.3, -0.25) is 9.59 Å². The number of aliphatic carboxylic acids is 1. The molecule has 2 rings (SSSR count). The Morgan fingerprint density at radius 1 is 1.21 bits per heavy atom. The van der Waals surface area contributed by atoms with Crippen molar-refractivity contribution in [3.8, 4) is 5.75 Å². The molecule has 0 fully saturated rings. The van der Waals surface area contributed by atoms with E-state index in [1.807, 2.05) is 6.92 Å². The van der Waals surface area contributed by atoms with Crippen molar-refractivity contribution in [2.75, 3.05) is 18.4 Å². The molecule has 0 spiro atoms. The summed E-state index contributed by atoms with van der Waals surface area (Å²) in [5.41, 5.74) is 0.817. The van der Waals surface area contributed by atoms with Crippen molar-refractivity contribution in [1.29, 1.82) is 0 Å². The predicted octanol–water partition coefficient (Wildman–Crippen LogP) is 5.22. The summed E-state index contributed by atoms with van der Waals surface area (Å²) in [6.45, 7) is 2.00. The molecule has 6 nitrogen and oxygen atoms in total. The molecule has 29 heavy (non-hydrogen) atoms. The summed E-state index contributed by atoms with van der Waals surface area (Å²) in [5, 5.41) is 14.3. The molecule has 0 saturated heterocycles. The molecule has 2 aromatic rings. The number of nitrogens with one attached hydrogen (secondary N) is 2. The molecular weight excluding hydrogens is 534 g/mol. The third kappa shape index (κ3) is 6.58. The van der Waals surface area contributed by atoms with Crippen LogP contribution in [0.1, 0.15) is 29.3 Å². The normalized spacial score (nSPS) is 10.5. The van der Waals surface area contributed by atoms with Gasteiger partial charge in [0, 0.05) is 22.7 Å². The molecular formula is C19H18Br2ClFN2O4. The maximum Gasteiger partial charge on any atom is 0.322 e. The van der Waals surface area contributed by atoms with Crippen molar-refractivity contribution in [3.63, 3.8) is 0 Å². The second-order valence-electron chi connectivity index (χ2n) is 5.99. The van der Waals surface area contributed by atoms with E-state index >= 15 is 0 Å². The van der Waals surface area contributed by atoms with Gasteiger partial charge in [-0.25, -0.2) is 4.39 Å². The van der Waals surface area contributed by atoms with Crippen molar-refractivity contribution < 1.29 is 23.8 Å². The van der Waals surface area contributed by atoms with Crippen LogP contribution in [0.4, 0.5) is 10.1 Å².